The molecule has 1 rings (SSSR count). The molecule has 0 aromatic rings. The zero-order chi connectivity index (χ0) is 12.7. The van der Waals surface area contributed by atoms with Crippen LogP contribution in [0.25, 0.3) is 0 Å². The highest BCUT2D eigenvalue weighted by Gasteiger charge is 2.27. The van der Waals surface area contributed by atoms with Crippen molar-refractivity contribution in [1.29, 1.82) is 0 Å². The Morgan fingerprint density at radius 3 is 2.29 bits per heavy atom. The third-order valence-corrected chi connectivity index (χ3v) is 4.06. The van der Waals surface area contributed by atoms with Crippen LogP contribution in [0, 0.1) is 0 Å². The second-order valence-corrected chi connectivity index (χ2v) is 5.12. The molecule has 0 radical (unpaired) electrons. The highest BCUT2D eigenvalue weighted by Crippen LogP contribution is 2.18. The topological polar surface area (TPSA) is 67.1 Å². The van der Waals surface area contributed by atoms with Crippen LogP contribution in [0.3, 0.4) is 0 Å². The van der Waals surface area contributed by atoms with Crippen LogP contribution in [0.5, 0.6) is 0 Å². The summed E-state index contributed by atoms with van der Waals surface area (Å²) in [5.74, 6) is 0. The molecule has 17 heavy (non-hydrogen) atoms. The minimum absolute atomic E-state index is 0.0500. The summed E-state index contributed by atoms with van der Waals surface area (Å²) in [7, 11) is 0. The Morgan fingerprint density at radius 2 is 1.82 bits per heavy atom. The van der Waals surface area contributed by atoms with Crippen molar-refractivity contribution in [2.24, 2.45) is 5.73 Å². The van der Waals surface area contributed by atoms with Gasteiger partial charge in [-0.15, -0.1) is 0 Å². The van der Waals surface area contributed by atoms with Crippen molar-refractivity contribution < 1.29 is 4.79 Å². The molecule has 0 spiro atoms. The number of urea groups is 1. The molecule has 2 amide bonds. The lowest BCUT2D eigenvalue weighted by Crippen LogP contribution is -2.57. The van der Waals surface area contributed by atoms with Gasteiger partial charge in [0.05, 0.1) is 5.54 Å². The van der Waals surface area contributed by atoms with E-state index in [0.717, 1.165) is 25.7 Å². The van der Waals surface area contributed by atoms with Crippen molar-refractivity contribution in [2.45, 2.75) is 70.4 Å². The van der Waals surface area contributed by atoms with Crippen LogP contribution >= 0.6 is 0 Å². The molecule has 4 nitrogen and oxygen atoms in total. The number of nitrogens with two attached hydrogens (primary N) is 1. The fourth-order valence-electron chi connectivity index (χ4n) is 2.48. The Hall–Kier alpha value is -0.770. The van der Waals surface area contributed by atoms with Gasteiger partial charge in [-0.3, -0.25) is 0 Å². The van der Waals surface area contributed by atoms with Crippen LogP contribution in [-0.2, 0) is 0 Å². The fraction of sp³-hybridized carbons (Fsp3) is 0.923. The molecule has 1 aliphatic rings. The number of carbonyl (C=O) groups is 1. The molecule has 1 saturated carbocycles. The summed E-state index contributed by atoms with van der Waals surface area (Å²) in [5.41, 5.74) is 5.53. The fourth-order valence-corrected chi connectivity index (χ4v) is 2.48. The van der Waals surface area contributed by atoms with Crippen LogP contribution in [0.1, 0.15) is 58.8 Å². The molecule has 0 aliphatic heterocycles. The number of rotatable bonds is 5. The van der Waals surface area contributed by atoms with Gasteiger partial charge in [0.25, 0.3) is 0 Å². The minimum atomic E-state index is -0.237. The largest absolute Gasteiger partial charge is 0.335 e. The van der Waals surface area contributed by atoms with E-state index in [4.69, 9.17) is 5.73 Å². The maximum atomic E-state index is 11.9. The number of hydrogen-bond donors (Lipinski definition) is 3. The lowest BCUT2D eigenvalue weighted by molar-refractivity contribution is 0.214. The van der Waals surface area contributed by atoms with Gasteiger partial charge in [0.15, 0.2) is 0 Å². The predicted molar refractivity (Wildman–Crippen MR) is 70.9 cm³/mol. The first-order chi connectivity index (χ1) is 8.15. The van der Waals surface area contributed by atoms with Gasteiger partial charge in [0, 0.05) is 12.6 Å². The van der Waals surface area contributed by atoms with E-state index in [1.54, 1.807) is 0 Å². The summed E-state index contributed by atoms with van der Waals surface area (Å²) in [6, 6.07) is 0.305. The van der Waals surface area contributed by atoms with Gasteiger partial charge >= 0.3 is 6.03 Å². The van der Waals surface area contributed by atoms with E-state index in [1.165, 1.54) is 19.3 Å². The molecule has 1 aliphatic carbocycles. The number of hydrogen-bond acceptors (Lipinski definition) is 2. The zero-order valence-corrected chi connectivity index (χ0v) is 11.2. The molecule has 0 atom stereocenters. The lowest BCUT2D eigenvalue weighted by atomic mass is 9.93. The van der Waals surface area contributed by atoms with Crippen LogP contribution in [0.4, 0.5) is 4.79 Å². The third kappa shape index (κ3) is 4.19. The molecule has 4 heteroatoms. The molecule has 1 fully saturated rings. The van der Waals surface area contributed by atoms with Crippen molar-refractivity contribution in [2.75, 3.05) is 6.54 Å². The molecule has 4 N–H and O–H groups in total. The molecule has 0 aromatic carbocycles. The Kier molecular flexibility index (Phi) is 5.75. The predicted octanol–water partition coefficient (Wildman–Crippen LogP) is 2.14. The van der Waals surface area contributed by atoms with Gasteiger partial charge in [-0.25, -0.2) is 4.79 Å². The SMILES string of the molecule is CCC(CC)(CN)NC(=O)NC1CCCCC1. The van der Waals surface area contributed by atoms with Crippen molar-refractivity contribution in [1.82, 2.24) is 10.6 Å². The summed E-state index contributed by atoms with van der Waals surface area (Å²) in [5, 5.41) is 6.12. The van der Waals surface area contributed by atoms with Crippen LogP contribution < -0.4 is 16.4 Å². The van der Waals surface area contributed by atoms with Crippen molar-refractivity contribution in [3.63, 3.8) is 0 Å². The number of nitrogens with one attached hydrogen (secondary N) is 2. The average Bonchev–Trinajstić information content (AvgIpc) is 2.37. The van der Waals surface area contributed by atoms with Gasteiger partial charge in [-0.1, -0.05) is 33.1 Å². The highest BCUT2D eigenvalue weighted by atomic mass is 16.2. The Morgan fingerprint density at radius 1 is 1.24 bits per heavy atom. The van der Waals surface area contributed by atoms with E-state index in [2.05, 4.69) is 24.5 Å². The first-order valence-corrected chi connectivity index (χ1v) is 6.94. The maximum Gasteiger partial charge on any atom is 0.315 e. The zero-order valence-electron chi connectivity index (χ0n) is 11.2. The molecule has 0 saturated heterocycles. The Balaban J connectivity index is 2.41. The quantitative estimate of drug-likeness (QED) is 0.690. The normalized spacial score (nSPS) is 17.8. The minimum Gasteiger partial charge on any atom is -0.335 e. The molecule has 0 heterocycles. The van der Waals surface area contributed by atoms with Gasteiger partial charge < -0.3 is 16.4 Å². The van der Waals surface area contributed by atoms with Crippen LogP contribution in [0.15, 0.2) is 0 Å². The Bertz CT molecular complexity index is 225. The molecule has 0 bridgehead atoms. The summed E-state index contributed by atoms with van der Waals surface area (Å²) < 4.78 is 0. The molecular weight excluding hydrogens is 214 g/mol. The standard InChI is InChI=1S/C13H27N3O/c1-3-13(4-2,10-14)16-12(17)15-11-8-6-5-7-9-11/h11H,3-10,14H2,1-2H3,(H2,15,16,17). The number of carbonyl (C=O) groups excluding carboxylic acids is 1. The van der Waals surface area contributed by atoms with Crippen LogP contribution in [-0.4, -0.2) is 24.2 Å². The number of amides is 2. The maximum absolute atomic E-state index is 11.9. The Labute approximate surface area is 105 Å². The molecule has 0 unspecified atom stereocenters. The highest BCUT2D eigenvalue weighted by molar-refractivity contribution is 5.75. The lowest BCUT2D eigenvalue weighted by Gasteiger charge is -2.33. The van der Waals surface area contributed by atoms with E-state index in [1.807, 2.05) is 0 Å². The van der Waals surface area contributed by atoms with Gasteiger partial charge in [-0.05, 0) is 25.7 Å². The van der Waals surface area contributed by atoms with E-state index in [9.17, 15) is 4.79 Å². The summed E-state index contributed by atoms with van der Waals surface area (Å²) in [6.07, 6.45) is 7.73. The van der Waals surface area contributed by atoms with Crippen LogP contribution in [0.2, 0.25) is 0 Å². The van der Waals surface area contributed by atoms with Crippen molar-refractivity contribution in [3.05, 3.63) is 0 Å². The summed E-state index contributed by atoms with van der Waals surface area (Å²) >= 11 is 0. The first-order valence-electron chi connectivity index (χ1n) is 6.94. The van der Waals surface area contributed by atoms with E-state index in [0.29, 0.717) is 12.6 Å². The van der Waals surface area contributed by atoms with Gasteiger partial charge in [-0.2, -0.15) is 0 Å². The molecular formula is C13H27N3O. The second-order valence-electron chi connectivity index (χ2n) is 5.12. The smallest absolute Gasteiger partial charge is 0.315 e. The van der Waals surface area contributed by atoms with E-state index in [-0.39, 0.29) is 11.6 Å². The molecule has 0 aromatic heterocycles. The third-order valence-electron chi connectivity index (χ3n) is 4.06. The summed E-state index contributed by atoms with van der Waals surface area (Å²) in [6.45, 7) is 4.63. The molecule has 100 valence electrons. The second kappa shape index (κ2) is 6.84. The van der Waals surface area contributed by atoms with Gasteiger partial charge in [0.2, 0.25) is 0 Å². The summed E-state index contributed by atoms with van der Waals surface area (Å²) in [4.78, 5) is 11.9. The van der Waals surface area contributed by atoms with E-state index < -0.39 is 0 Å². The average molecular weight is 241 g/mol. The van der Waals surface area contributed by atoms with Crippen molar-refractivity contribution in [3.8, 4) is 0 Å². The monoisotopic (exact) mass is 241 g/mol. The van der Waals surface area contributed by atoms with Crippen molar-refractivity contribution >= 4 is 6.03 Å². The van der Waals surface area contributed by atoms with Gasteiger partial charge in [0.1, 0.15) is 0 Å². The first kappa shape index (κ1) is 14.3. The van der Waals surface area contributed by atoms with E-state index >= 15 is 0 Å².